The summed E-state index contributed by atoms with van der Waals surface area (Å²) < 4.78 is 9.97. The number of aromatic amines is 1. The molecule has 6 nitrogen and oxygen atoms in total. The smallest absolute Gasteiger partial charge is 0.340 e. The lowest BCUT2D eigenvalue weighted by atomic mass is 10.1. The molecule has 1 aromatic carbocycles. The number of rotatable bonds is 6. The molecule has 0 saturated heterocycles. The van der Waals surface area contributed by atoms with Gasteiger partial charge in [-0.1, -0.05) is 23.2 Å². The highest BCUT2D eigenvalue weighted by atomic mass is 35.5. The average Bonchev–Trinajstić information content (AvgIpc) is 2.86. The van der Waals surface area contributed by atoms with E-state index in [4.69, 9.17) is 32.7 Å². The summed E-state index contributed by atoms with van der Waals surface area (Å²) >= 11 is 11.8. The van der Waals surface area contributed by atoms with E-state index in [1.54, 1.807) is 32.0 Å². The lowest BCUT2D eigenvalue weighted by Gasteiger charge is -2.07. The molecule has 0 atom stereocenters. The van der Waals surface area contributed by atoms with Crippen molar-refractivity contribution in [2.24, 2.45) is 0 Å². The molecule has 2 N–H and O–H groups in total. The van der Waals surface area contributed by atoms with Crippen LogP contribution in [0.15, 0.2) is 18.2 Å². The Bertz CT molecular complexity index is 802. The Hall–Kier alpha value is -2.02. The summed E-state index contributed by atoms with van der Waals surface area (Å²) in [6, 6.07) is 4.77. The minimum absolute atomic E-state index is 0.143. The molecular weight excluding hydrogens is 367 g/mol. The monoisotopic (exact) mass is 384 g/mol. The highest BCUT2D eigenvalue weighted by Gasteiger charge is 2.23. The second kappa shape index (κ2) is 8.38. The van der Waals surface area contributed by atoms with Crippen LogP contribution in [-0.4, -0.2) is 37.2 Å². The lowest BCUT2D eigenvalue weighted by Crippen LogP contribution is -2.14. The van der Waals surface area contributed by atoms with E-state index in [0.29, 0.717) is 39.2 Å². The first-order valence-corrected chi connectivity index (χ1v) is 8.22. The van der Waals surface area contributed by atoms with E-state index >= 15 is 0 Å². The SMILES string of the molecule is COCCOC(=O)c1c(C)[nH]c(C(=O)Nc2ccc(Cl)c(Cl)c2)c1C. The van der Waals surface area contributed by atoms with Crippen molar-refractivity contribution in [2.75, 3.05) is 25.6 Å². The molecule has 0 saturated carbocycles. The van der Waals surface area contributed by atoms with Crippen molar-refractivity contribution in [2.45, 2.75) is 13.8 Å². The van der Waals surface area contributed by atoms with Crippen molar-refractivity contribution >= 4 is 40.8 Å². The van der Waals surface area contributed by atoms with Gasteiger partial charge in [0.25, 0.3) is 5.91 Å². The third-order valence-electron chi connectivity index (χ3n) is 3.57. The summed E-state index contributed by atoms with van der Waals surface area (Å²) in [5.41, 5.74) is 2.18. The van der Waals surface area contributed by atoms with Gasteiger partial charge < -0.3 is 19.8 Å². The first-order chi connectivity index (χ1) is 11.8. The molecular formula is C17H18Cl2N2O4. The van der Waals surface area contributed by atoms with Crippen molar-refractivity contribution in [1.82, 2.24) is 4.98 Å². The number of aryl methyl sites for hydroxylation is 1. The van der Waals surface area contributed by atoms with Crippen LogP contribution in [0.2, 0.25) is 10.0 Å². The molecule has 1 amide bonds. The van der Waals surface area contributed by atoms with Crippen LogP contribution in [0.1, 0.15) is 32.1 Å². The van der Waals surface area contributed by atoms with Crippen LogP contribution in [0, 0.1) is 13.8 Å². The number of esters is 1. The number of carbonyl (C=O) groups excluding carboxylic acids is 2. The number of hydrogen-bond donors (Lipinski definition) is 2. The van der Waals surface area contributed by atoms with E-state index in [2.05, 4.69) is 10.3 Å². The van der Waals surface area contributed by atoms with Gasteiger partial charge in [0.1, 0.15) is 12.3 Å². The number of anilines is 1. The zero-order valence-electron chi connectivity index (χ0n) is 14.0. The van der Waals surface area contributed by atoms with Crippen molar-refractivity contribution in [3.05, 3.63) is 50.8 Å². The van der Waals surface area contributed by atoms with Crippen molar-refractivity contribution < 1.29 is 19.1 Å². The molecule has 0 bridgehead atoms. The second-order valence-electron chi connectivity index (χ2n) is 5.34. The summed E-state index contributed by atoms with van der Waals surface area (Å²) in [5, 5.41) is 3.44. The number of carbonyl (C=O) groups is 2. The Kier molecular flexibility index (Phi) is 6.47. The van der Waals surface area contributed by atoms with Crippen LogP contribution in [0.4, 0.5) is 5.69 Å². The molecule has 0 aliphatic rings. The van der Waals surface area contributed by atoms with Gasteiger partial charge >= 0.3 is 5.97 Å². The predicted octanol–water partition coefficient (Wildman–Crippen LogP) is 3.99. The fourth-order valence-corrected chi connectivity index (χ4v) is 2.64. The van der Waals surface area contributed by atoms with Crippen molar-refractivity contribution in [3.8, 4) is 0 Å². The van der Waals surface area contributed by atoms with Gasteiger partial charge in [-0.2, -0.15) is 0 Å². The minimum Gasteiger partial charge on any atom is -0.460 e. The molecule has 0 spiro atoms. The number of benzene rings is 1. The van der Waals surface area contributed by atoms with Crippen molar-refractivity contribution in [1.29, 1.82) is 0 Å². The zero-order valence-corrected chi connectivity index (χ0v) is 15.5. The first-order valence-electron chi connectivity index (χ1n) is 7.46. The summed E-state index contributed by atoms with van der Waals surface area (Å²) in [4.78, 5) is 27.6. The first kappa shape index (κ1) is 19.3. The van der Waals surface area contributed by atoms with Gasteiger partial charge in [0.15, 0.2) is 0 Å². The topological polar surface area (TPSA) is 80.4 Å². The Balaban J connectivity index is 2.19. The van der Waals surface area contributed by atoms with Crippen molar-refractivity contribution in [3.63, 3.8) is 0 Å². The number of amides is 1. The van der Waals surface area contributed by atoms with Gasteiger partial charge in [-0.25, -0.2) is 4.79 Å². The van der Waals surface area contributed by atoms with Gasteiger partial charge in [0.2, 0.25) is 0 Å². The Morgan fingerprint density at radius 1 is 1.16 bits per heavy atom. The summed E-state index contributed by atoms with van der Waals surface area (Å²) in [6.07, 6.45) is 0. The lowest BCUT2D eigenvalue weighted by molar-refractivity contribution is 0.0387. The van der Waals surface area contributed by atoms with E-state index < -0.39 is 11.9 Å². The second-order valence-corrected chi connectivity index (χ2v) is 6.15. The molecule has 8 heteroatoms. The molecule has 2 aromatic rings. The Morgan fingerprint density at radius 2 is 1.88 bits per heavy atom. The van der Waals surface area contributed by atoms with E-state index in [9.17, 15) is 9.59 Å². The molecule has 1 heterocycles. The van der Waals surface area contributed by atoms with E-state index in [0.717, 1.165) is 0 Å². The number of hydrogen-bond acceptors (Lipinski definition) is 4. The minimum atomic E-state index is -0.503. The van der Waals surface area contributed by atoms with E-state index in [-0.39, 0.29) is 12.3 Å². The van der Waals surface area contributed by atoms with Crippen LogP contribution in [-0.2, 0) is 9.47 Å². The summed E-state index contributed by atoms with van der Waals surface area (Å²) in [7, 11) is 1.52. The molecule has 2 rings (SSSR count). The van der Waals surface area contributed by atoms with E-state index in [1.165, 1.54) is 7.11 Å². The highest BCUT2D eigenvalue weighted by Crippen LogP contribution is 2.26. The summed E-state index contributed by atoms with van der Waals surface area (Å²) in [5.74, 6) is -0.896. The van der Waals surface area contributed by atoms with Gasteiger partial charge in [0, 0.05) is 18.5 Å². The maximum absolute atomic E-state index is 12.5. The van der Waals surface area contributed by atoms with Gasteiger partial charge in [-0.3, -0.25) is 4.79 Å². The van der Waals surface area contributed by atoms with Crippen LogP contribution < -0.4 is 5.32 Å². The molecule has 0 unspecified atom stereocenters. The van der Waals surface area contributed by atoms with E-state index in [1.807, 2.05) is 0 Å². The maximum Gasteiger partial charge on any atom is 0.340 e. The standard InChI is InChI=1S/C17H18Cl2N2O4/c1-9-14(17(23)25-7-6-24-3)10(2)20-15(9)16(22)21-11-4-5-12(18)13(19)8-11/h4-5,8,20H,6-7H2,1-3H3,(H,21,22). The number of nitrogens with one attached hydrogen (secondary N) is 2. The quantitative estimate of drug-likeness (QED) is 0.582. The van der Waals surface area contributed by atoms with Gasteiger partial charge in [0.05, 0.1) is 22.2 Å². The van der Waals surface area contributed by atoms with Crippen LogP contribution in [0.3, 0.4) is 0 Å². The third-order valence-corrected chi connectivity index (χ3v) is 4.31. The Morgan fingerprint density at radius 3 is 2.52 bits per heavy atom. The Labute approximate surface area is 155 Å². The fraction of sp³-hybridized carbons (Fsp3) is 0.294. The summed E-state index contributed by atoms with van der Waals surface area (Å²) in [6.45, 7) is 3.83. The molecule has 25 heavy (non-hydrogen) atoms. The highest BCUT2D eigenvalue weighted by molar-refractivity contribution is 6.42. The zero-order chi connectivity index (χ0) is 18.6. The average molecular weight is 385 g/mol. The third kappa shape index (κ3) is 4.54. The van der Waals surface area contributed by atoms with Gasteiger partial charge in [-0.15, -0.1) is 0 Å². The fourth-order valence-electron chi connectivity index (χ4n) is 2.34. The normalized spacial score (nSPS) is 10.6. The van der Waals surface area contributed by atoms with Gasteiger partial charge in [-0.05, 0) is 37.6 Å². The predicted molar refractivity (Wildman–Crippen MR) is 96.8 cm³/mol. The van der Waals surface area contributed by atoms with Crippen LogP contribution in [0.25, 0.3) is 0 Å². The molecule has 1 aromatic heterocycles. The van der Waals surface area contributed by atoms with Crippen LogP contribution >= 0.6 is 23.2 Å². The molecule has 134 valence electrons. The largest absolute Gasteiger partial charge is 0.460 e. The molecule has 0 aliphatic heterocycles. The number of methoxy groups -OCH3 is 1. The number of halogens is 2. The molecule has 0 fully saturated rings. The number of H-pyrrole nitrogens is 1. The molecule has 0 aliphatic carbocycles. The number of aromatic nitrogens is 1. The van der Waals surface area contributed by atoms with Crippen LogP contribution in [0.5, 0.6) is 0 Å². The maximum atomic E-state index is 12.5. The number of ether oxygens (including phenoxy) is 2. The molecule has 0 radical (unpaired) electrons.